The summed E-state index contributed by atoms with van der Waals surface area (Å²) in [4.78, 5) is 4.41. The Morgan fingerprint density at radius 3 is 1.21 bits per heavy atom. The van der Waals surface area contributed by atoms with Crippen molar-refractivity contribution >= 4 is 202 Å². The molecule has 10 aromatic rings. The topological polar surface area (TPSA) is 0 Å². The lowest BCUT2D eigenvalue weighted by atomic mass is 9.94. The van der Waals surface area contributed by atoms with Gasteiger partial charge in [-0.25, -0.2) is 0 Å². The van der Waals surface area contributed by atoms with Crippen LogP contribution in [0.25, 0.3) is 84.8 Å². The summed E-state index contributed by atoms with van der Waals surface area (Å²) in [6, 6.07) is 37.6. The third kappa shape index (κ3) is 14.8. The van der Waals surface area contributed by atoms with Crippen LogP contribution in [0.15, 0.2) is 102 Å². The van der Waals surface area contributed by atoms with E-state index >= 15 is 0 Å². The highest BCUT2D eigenvalue weighted by Crippen LogP contribution is 2.42. The zero-order valence-corrected chi connectivity index (χ0v) is 57.2. The Morgan fingerprint density at radius 1 is 0.403 bits per heavy atom. The van der Waals surface area contributed by atoms with Crippen LogP contribution in [0.5, 0.6) is 0 Å². The molecular formula is C70H74I4S3. The number of unbranched alkanes of at least 4 members (excludes halogenated alkanes) is 14. The minimum Gasteiger partial charge on any atom is -0.139 e. The fourth-order valence-electron chi connectivity index (χ4n) is 10.9. The Kier molecular flexibility index (Phi) is 24.1. The number of thiophene rings is 2. The predicted octanol–water partition coefficient (Wildman–Crippen LogP) is 25.6. The summed E-state index contributed by atoms with van der Waals surface area (Å²) in [5.74, 6) is 13.8. The number of benzene rings is 8. The van der Waals surface area contributed by atoms with Gasteiger partial charge in [0.05, 0.1) is 0 Å². The third-order valence-corrected chi connectivity index (χ3v) is 21.6. The van der Waals surface area contributed by atoms with E-state index in [1.807, 2.05) is 22.7 Å². The van der Waals surface area contributed by atoms with Crippen LogP contribution in [-0.4, -0.2) is 6.26 Å². The first-order chi connectivity index (χ1) is 37.7. The molecule has 7 heteroatoms. The molecule has 2 aromatic heterocycles. The third-order valence-electron chi connectivity index (χ3n) is 15.2. The molecular weight excluding hydrogens is 1440 g/mol. The normalized spacial score (nSPS) is 11.4. The second-order valence-corrected chi connectivity index (χ2v) is 26.1. The molecule has 0 amide bonds. The average Bonchev–Trinajstić information content (AvgIpc) is 3.97. The molecule has 0 fully saturated rings. The molecule has 2 heterocycles. The van der Waals surface area contributed by atoms with Crippen LogP contribution in [-0.2, 0) is 12.8 Å². The number of thioether (sulfide) groups is 1. The zero-order valence-electron chi connectivity index (χ0n) is 46.1. The first-order valence-electron chi connectivity index (χ1n) is 28.5. The van der Waals surface area contributed by atoms with E-state index in [0.29, 0.717) is 0 Å². The molecule has 0 unspecified atom stereocenters. The molecule has 0 spiro atoms. The van der Waals surface area contributed by atoms with Gasteiger partial charge in [-0.15, -0.1) is 34.4 Å². The van der Waals surface area contributed by atoms with Gasteiger partial charge in [0.15, 0.2) is 0 Å². The molecule has 0 saturated carbocycles. The van der Waals surface area contributed by atoms with Gasteiger partial charge in [-0.05, 0) is 216 Å². The Bertz CT molecular complexity index is 3650. The maximum absolute atomic E-state index is 3.47. The summed E-state index contributed by atoms with van der Waals surface area (Å²) < 4.78 is 5.83. The fraction of sp³-hybridized carbons (Fsp3) is 0.371. The number of hydrogen-bond acceptors (Lipinski definition) is 3. The average molecular weight is 1520 g/mol. The van der Waals surface area contributed by atoms with E-state index in [2.05, 4.69) is 244 Å². The smallest absolute Gasteiger partial charge is 0.0387 e. The molecule has 0 atom stereocenters. The van der Waals surface area contributed by atoms with Gasteiger partial charge in [-0.3, -0.25) is 0 Å². The Hall–Kier alpha value is -2.37. The van der Waals surface area contributed by atoms with Crippen LogP contribution in [0.2, 0.25) is 0 Å². The van der Waals surface area contributed by atoms with Gasteiger partial charge in [-0.1, -0.05) is 177 Å². The first kappa shape index (κ1) is 60.7. The highest BCUT2D eigenvalue weighted by Gasteiger charge is 2.16. The van der Waals surface area contributed by atoms with Gasteiger partial charge >= 0.3 is 0 Å². The van der Waals surface area contributed by atoms with Crippen molar-refractivity contribution in [1.82, 2.24) is 0 Å². The van der Waals surface area contributed by atoms with E-state index in [1.165, 1.54) is 218 Å². The van der Waals surface area contributed by atoms with Crippen molar-refractivity contribution in [2.75, 3.05) is 6.26 Å². The number of hydrogen-bond donors (Lipinski definition) is 0. The minimum atomic E-state index is 0.986. The molecule has 0 aliphatic carbocycles. The highest BCUT2D eigenvalue weighted by atomic mass is 128. The van der Waals surface area contributed by atoms with Gasteiger partial charge in [0.25, 0.3) is 0 Å². The van der Waals surface area contributed by atoms with Crippen LogP contribution in [0, 0.1) is 37.7 Å². The molecule has 0 radical (unpaired) electrons. The zero-order chi connectivity index (χ0) is 54.3. The van der Waals surface area contributed by atoms with Gasteiger partial charge < -0.3 is 0 Å². The minimum absolute atomic E-state index is 0.986. The van der Waals surface area contributed by atoms with Gasteiger partial charge in [-0.2, -0.15) is 0 Å². The van der Waals surface area contributed by atoms with Crippen molar-refractivity contribution in [3.63, 3.8) is 0 Å². The lowest BCUT2D eigenvalue weighted by Gasteiger charge is -2.11. The fourth-order valence-corrected chi connectivity index (χ4v) is 16.2. The van der Waals surface area contributed by atoms with Crippen LogP contribution in [0.1, 0.15) is 170 Å². The van der Waals surface area contributed by atoms with Crippen molar-refractivity contribution in [2.24, 2.45) is 0 Å². The number of aryl methyl sites for hydroxylation is 3. The molecule has 0 N–H and O–H groups in total. The Morgan fingerprint density at radius 2 is 0.779 bits per heavy atom. The summed E-state index contributed by atoms with van der Waals surface area (Å²) in [7, 11) is 0. The van der Waals surface area contributed by atoms with Crippen molar-refractivity contribution in [3.05, 3.63) is 131 Å². The predicted molar refractivity (Wildman–Crippen MR) is 386 cm³/mol. The van der Waals surface area contributed by atoms with Crippen molar-refractivity contribution in [1.29, 1.82) is 0 Å². The standard InChI is InChI=1S/C36H40S.C34H34I2S2.I2/c1-5-7-9-11-13-15-17-28-24-29-19-22-33-32(34(29)23-27(28)3)21-20-30-25-31(36(37-4)26-35(30)33)18-16-14-12-10-8-6-2;1-3-5-7-9-11-29-33(35)27-17-21-13-15-24-23(25(21)19-31(27)37-29)16-14-22-18-28-32(20-26(22)24)38-30(34(28)36)12-10-8-6-4-2;1-2/h19-26H,5-14H2,1-4H3;13-20H,3-12H2,1-2H3;. The monoisotopic (exact) mass is 1520 g/mol. The van der Waals surface area contributed by atoms with Gasteiger partial charge in [0, 0.05) is 103 Å². The van der Waals surface area contributed by atoms with E-state index in [1.54, 1.807) is 21.5 Å². The van der Waals surface area contributed by atoms with Gasteiger partial charge in [0.1, 0.15) is 0 Å². The Balaban J connectivity index is 0.000000197. The van der Waals surface area contributed by atoms with E-state index in [4.69, 9.17) is 0 Å². The maximum atomic E-state index is 3.47. The van der Waals surface area contributed by atoms with E-state index in [9.17, 15) is 0 Å². The molecule has 10 rings (SSSR count). The summed E-state index contributed by atoms with van der Waals surface area (Å²) in [6.07, 6.45) is 27.3. The van der Waals surface area contributed by atoms with Crippen LogP contribution < -0.4 is 0 Å². The first-order valence-corrected chi connectivity index (χ1v) is 39.8. The number of halogens is 4. The molecule has 0 aliphatic rings. The molecule has 8 aromatic carbocycles. The maximum Gasteiger partial charge on any atom is 0.0387 e. The van der Waals surface area contributed by atoms with Crippen molar-refractivity contribution in [2.45, 2.75) is 168 Å². The van der Waals surface area contributed by atoms with Crippen molar-refractivity contribution < 1.29 is 0 Å². The summed E-state index contributed by atoms with van der Waals surface area (Å²) in [5.41, 5.74) is 3.57. The second-order valence-electron chi connectivity index (χ2n) is 20.8. The lowest BCUT2D eigenvalue weighted by molar-refractivity contribution is 0.669. The summed E-state index contributed by atoms with van der Waals surface area (Å²) in [6.45, 7) is 11.3. The molecule has 0 aliphatic heterocycles. The largest absolute Gasteiger partial charge is 0.139 e. The van der Waals surface area contributed by atoms with Crippen LogP contribution in [0.4, 0.5) is 0 Å². The highest BCUT2D eigenvalue weighted by molar-refractivity contribution is 15.0. The molecule has 0 saturated heterocycles. The quantitative estimate of drug-likeness (QED) is 0.0256. The SMILES string of the molecule is CCCCCCC#Cc1cc2ccc3c4cc(SC)c(C#CCCCCCC)cc4ccc3c2cc1C.CCCCCCc1sc2cc3c(ccc4c5cc6sc(CCCCCC)c(I)c6cc5ccc34)cc2c1I.II. The summed E-state index contributed by atoms with van der Waals surface area (Å²) in [5, 5.41) is 18.9. The van der Waals surface area contributed by atoms with Crippen molar-refractivity contribution in [3.8, 4) is 23.7 Å². The lowest BCUT2D eigenvalue weighted by Crippen LogP contribution is -1.88. The van der Waals surface area contributed by atoms with E-state index in [-0.39, 0.29) is 0 Å². The summed E-state index contributed by atoms with van der Waals surface area (Å²) >= 11 is 15.3. The number of fused-ring (bicyclic) bond motifs is 12. The van der Waals surface area contributed by atoms with Crippen LogP contribution >= 0.6 is 117 Å². The van der Waals surface area contributed by atoms with E-state index in [0.717, 1.165) is 24.0 Å². The van der Waals surface area contributed by atoms with Gasteiger partial charge in [0.2, 0.25) is 0 Å². The molecule has 400 valence electrons. The molecule has 77 heavy (non-hydrogen) atoms. The van der Waals surface area contributed by atoms with Crippen LogP contribution in [0.3, 0.4) is 0 Å². The second kappa shape index (κ2) is 30.6. The van der Waals surface area contributed by atoms with E-state index < -0.39 is 0 Å². The Labute approximate surface area is 523 Å². The number of rotatable bonds is 19. The molecule has 0 bridgehead atoms. The molecule has 0 nitrogen and oxygen atoms in total.